The summed E-state index contributed by atoms with van der Waals surface area (Å²) in [6.07, 6.45) is 0. The molecule has 0 saturated heterocycles. The van der Waals surface area contributed by atoms with Crippen molar-refractivity contribution in [3.8, 4) is 5.75 Å². The van der Waals surface area contributed by atoms with E-state index in [-0.39, 0.29) is 6.54 Å². The highest BCUT2D eigenvalue weighted by Gasteiger charge is 1.99. The fourth-order valence-electron chi connectivity index (χ4n) is 0.709. The fourth-order valence-corrected chi connectivity index (χ4v) is 0.709. The van der Waals surface area contributed by atoms with Gasteiger partial charge in [0.1, 0.15) is 5.75 Å². The smallest absolute Gasteiger partial charge is 0.325 e. The third-order valence-electron chi connectivity index (χ3n) is 1.28. The summed E-state index contributed by atoms with van der Waals surface area (Å²) in [5.41, 5.74) is 11.1. The molecule has 0 saturated carbocycles. The molecule has 64 valence electrons. The van der Waals surface area contributed by atoms with Gasteiger partial charge in [-0.2, -0.15) is 0 Å². The average molecular weight is 166 g/mol. The van der Waals surface area contributed by atoms with Crippen LogP contribution < -0.4 is 16.2 Å². The molecular weight excluding hydrogens is 156 g/mol. The van der Waals surface area contributed by atoms with E-state index in [0.29, 0.717) is 11.4 Å². The van der Waals surface area contributed by atoms with Crippen molar-refractivity contribution in [1.29, 1.82) is 0 Å². The van der Waals surface area contributed by atoms with Crippen LogP contribution in [0.25, 0.3) is 0 Å². The summed E-state index contributed by atoms with van der Waals surface area (Å²) in [6, 6.07) is 6.53. The van der Waals surface area contributed by atoms with Crippen LogP contribution in [-0.2, 0) is 4.79 Å². The average Bonchev–Trinajstić information content (AvgIpc) is 2.09. The second kappa shape index (κ2) is 3.73. The van der Waals surface area contributed by atoms with Crippen molar-refractivity contribution >= 4 is 11.7 Å². The van der Waals surface area contributed by atoms with E-state index in [1.807, 2.05) is 0 Å². The molecule has 0 aliphatic rings. The van der Waals surface area contributed by atoms with Crippen LogP contribution in [0, 0.1) is 0 Å². The molecule has 0 heterocycles. The monoisotopic (exact) mass is 166 g/mol. The Morgan fingerprint density at radius 3 is 2.42 bits per heavy atom. The van der Waals surface area contributed by atoms with E-state index in [9.17, 15) is 4.79 Å². The second-order valence-corrected chi connectivity index (χ2v) is 2.25. The van der Waals surface area contributed by atoms with Crippen molar-refractivity contribution in [2.75, 3.05) is 12.3 Å². The molecule has 0 radical (unpaired) electrons. The van der Waals surface area contributed by atoms with Crippen LogP contribution in [0.3, 0.4) is 0 Å². The first-order valence-electron chi connectivity index (χ1n) is 3.48. The lowest BCUT2D eigenvalue weighted by Gasteiger charge is -2.01. The molecule has 0 aliphatic heterocycles. The van der Waals surface area contributed by atoms with Gasteiger partial charge in [-0.25, -0.2) is 0 Å². The van der Waals surface area contributed by atoms with Gasteiger partial charge >= 0.3 is 5.97 Å². The highest BCUT2D eigenvalue weighted by molar-refractivity contribution is 5.74. The lowest BCUT2D eigenvalue weighted by molar-refractivity contribution is -0.132. The van der Waals surface area contributed by atoms with Crippen LogP contribution >= 0.6 is 0 Å². The fraction of sp³-hybridized carbons (Fsp3) is 0.125. The number of ether oxygens (including phenoxy) is 1. The molecular formula is C8H10N2O2. The first kappa shape index (κ1) is 8.55. The third kappa shape index (κ3) is 2.25. The molecule has 0 aromatic heterocycles. The minimum Gasteiger partial charge on any atom is -0.426 e. The van der Waals surface area contributed by atoms with Crippen molar-refractivity contribution in [2.45, 2.75) is 0 Å². The number of carbonyl (C=O) groups is 1. The zero-order valence-corrected chi connectivity index (χ0v) is 6.49. The number of carbonyl (C=O) groups excluding carboxylic acids is 1. The molecule has 4 nitrogen and oxygen atoms in total. The molecule has 0 bridgehead atoms. The van der Waals surface area contributed by atoms with Gasteiger partial charge in [0.15, 0.2) is 0 Å². The first-order chi connectivity index (χ1) is 5.72. The zero-order chi connectivity index (χ0) is 8.97. The number of rotatable bonds is 2. The highest BCUT2D eigenvalue weighted by Crippen LogP contribution is 2.12. The Labute approximate surface area is 70.1 Å². The Morgan fingerprint density at radius 2 is 1.92 bits per heavy atom. The van der Waals surface area contributed by atoms with Gasteiger partial charge < -0.3 is 16.2 Å². The van der Waals surface area contributed by atoms with Gasteiger partial charge in [0.05, 0.1) is 6.54 Å². The zero-order valence-electron chi connectivity index (χ0n) is 6.49. The number of nitrogen functional groups attached to an aromatic ring is 1. The molecule has 0 spiro atoms. The molecule has 4 heteroatoms. The second-order valence-electron chi connectivity index (χ2n) is 2.25. The van der Waals surface area contributed by atoms with E-state index < -0.39 is 5.97 Å². The molecule has 4 N–H and O–H groups in total. The van der Waals surface area contributed by atoms with Crippen molar-refractivity contribution in [1.82, 2.24) is 0 Å². The minimum atomic E-state index is -0.459. The molecule has 0 atom stereocenters. The van der Waals surface area contributed by atoms with E-state index in [1.54, 1.807) is 24.3 Å². The van der Waals surface area contributed by atoms with Crippen LogP contribution in [0.2, 0.25) is 0 Å². The lowest BCUT2D eigenvalue weighted by Crippen LogP contribution is -2.19. The molecule has 0 amide bonds. The minimum absolute atomic E-state index is 0.121. The topological polar surface area (TPSA) is 78.3 Å². The number of nitrogens with two attached hydrogens (primary N) is 2. The van der Waals surface area contributed by atoms with Crippen LogP contribution in [0.1, 0.15) is 0 Å². The largest absolute Gasteiger partial charge is 0.426 e. The number of benzene rings is 1. The van der Waals surface area contributed by atoms with E-state index in [2.05, 4.69) is 0 Å². The number of anilines is 1. The van der Waals surface area contributed by atoms with E-state index in [1.165, 1.54) is 0 Å². The Kier molecular flexibility index (Phi) is 2.66. The van der Waals surface area contributed by atoms with Gasteiger partial charge in [0.25, 0.3) is 0 Å². The Bertz CT molecular complexity index is 269. The third-order valence-corrected chi connectivity index (χ3v) is 1.28. The van der Waals surface area contributed by atoms with Gasteiger partial charge in [-0.15, -0.1) is 0 Å². The molecule has 0 aliphatic carbocycles. The maximum atomic E-state index is 10.7. The number of hydrogen-bond donors (Lipinski definition) is 2. The Hall–Kier alpha value is -1.55. The first-order valence-corrected chi connectivity index (χ1v) is 3.48. The summed E-state index contributed by atoms with van der Waals surface area (Å²) in [7, 11) is 0. The quantitative estimate of drug-likeness (QED) is 0.372. The van der Waals surface area contributed by atoms with E-state index in [0.717, 1.165) is 0 Å². The van der Waals surface area contributed by atoms with Gasteiger partial charge in [0.2, 0.25) is 0 Å². The van der Waals surface area contributed by atoms with Gasteiger partial charge in [-0.05, 0) is 24.3 Å². The lowest BCUT2D eigenvalue weighted by atomic mass is 10.3. The predicted octanol–water partition coefficient (Wildman–Crippen LogP) is 0.133. The molecule has 1 aromatic rings. The molecule has 1 aromatic carbocycles. The predicted molar refractivity (Wildman–Crippen MR) is 45.5 cm³/mol. The molecule has 0 fully saturated rings. The van der Waals surface area contributed by atoms with Gasteiger partial charge in [-0.1, -0.05) is 0 Å². The number of esters is 1. The number of hydrogen-bond acceptors (Lipinski definition) is 4. The van der Waals surface area contributed by atoms with Crippen LogP contribution in [0.15, 0.2) is 24.3 Å². The standard InChI is InChI=1S/C8H10N2O2/c9-5-8(11)12-7-3-1-6(10)2-4-7/h1-4H,5,9-10H2. The van der Waals surface area contributed by atoms with Crippen molar-refractivity contribution in [3.63, 3.8) is 0 Å². The van der Waals surface area contributed by atoms with E-state index >= 15 is 0 Å². The van der Waals surface area contributed by atoms with E-state index in [4.69, 9.17) is 16.2 Å². The molecule has 1 rings (SSSR count). The Morgan fingerprint density at radius 1 is 1.33 bits per heavy atom. The maximum absolute atomic E-state index is 10.7. The highest BCUT2D eigenvalue weighted by atomic mass is 16.5. The van der Waals surface area contributed by atoms with Crippen molar-refractivity contribution in [2.24, 2.45) is 5.73 Å². The Balaban J connectivity index is 2.64. The summed E-state index contributed by atoms with van der Waals surface area (Å²) in [4.78, 5) is 10.7. The molecule has 12 heavy (non-hydrogen) atoms. The normalized spacial score (nSPS) is 9.42. The summed E-state index contributed by atoms with van der Waals surface area (Å²) in [5.74, 6) is -0.000536. The van der Waals surface area contributed by atoms with Gasteiger partial charge in [-0.3, -0.25) is 4.79 Å². The maximum Gasteiger partial charge on any atom is 0.325 e. The summed E-state index contributed by atoms with van der Waals surface area (Å²) < 4.78 is 4.80. The summed E-state index contributed by atoms with van der Waals surface area (Å²) >= 11 is 0. The SMILES string of the molecule is NCC(=O)Oc1ccc(N)cc1. The summed E-state index contributed by atoms with van der Waals surface area (Å²) in [5, 5.41) is 0. The summed E-state index contributed by atoms with van der Waals surface area (Å²) in [6.45, 7) is -0.121. The van der Waals surface area contributed by atoms with Gasteiger partial charge in [0, 0.05) is 5.69 Å². The van der Waals surface area contributed by atoms with Crippen LogP contribution in [0.5, 0.6) is 5.75 Å². The molecule has 0 unspecified atom stereocenters. The van der Waals surface area contributed by atoms with Crippen LogP contribution in [0.4, 0.5) is 5.69 Å². The van der Waals surface area contributed by atoms with Crippen LogP contribution in [-0.4, -0.2) is 12.5 Å². The van der Waals surface area contributed by atoms with Crippen molar-refractivity contribution < 1.29 is 9.53 Å². The van der Waals surface area contributed by atoms with Crippen molar-refractivity contribution in [3.05, 3.63) is 24.3 Å².